The van der Waals surface area contributed by atoms with Crippen LogP contribution in [0.4, 0.5) is 0 Å². The van der Waals surface area contributed by atoms with Crippen molar-refractivity contribution in [3.05, 3.63) is 34.9 Å². The molecule has 0 aromatic heterocycles. The Morgan fingerprint density at radius 1 is 1.33 bits per heavy atom. The van der Waals surface area contributed by atoms with Gasteiger partial charge in [0.15, 0.2) is 0 Å². The van der Waals surface area contributed by atoms with Gasteiger partial charge in [-0.3, -0.25) is 4.79 Å². The first kappa shape index (κ1) is 15.9. The maximum absolute atomic E-state index is 12.0. The first-order chi connectivity index (χ1) is 10.2. The van der Waals surface area contributed by atoms with E-state index in [1.165, 1.54) is 0 Å². The topological polar surface area (TPSA) is 38.8 Å². The fourth-order valence-corrected chi connectivity index (χ4v) is 2.62. The number of nitrogens with zero attached hydrogens (tertiary/aromatic N) is 1. The number of halogens is 1. The molecule has 0 saturated heterocycles. The van der Waals surface area contributed by atoms with Crippen LogP contribution in [0, 0.1) is 0 Å². The van der Waals surface area contributed by atoms with Gasteiger partial charge in [-0.2, -0.15) is 0 Å². The van der Waals surface area contributed by atoms with Gasteiger partial charge in [-0.25, -0.2) is 0 Å². The summed E-state index contributed by atoms with van der Waals surface area (Å²) in [6, 6.07) is 5.54. The summed E-state index contributed by atoms with van der Waals surface area (Å²) in [5.74, 6) is 0.845. The zero-order chi connectivity index (χ0) is 15.2. The molecule has 1 amide bonds. The van der Waals surface area contributed by atoms with Crippen LogP contribution in [-0.4, -0.2) is 37.7 Å². The largest absolute Gasteiger partial charge is 0.491 e. The van der Waals surface area contributed by atoms with Crippen molar-refractivity contribution in [1.82, 2.24) is 4.90 Å². The molecule has 114 valence electrons. The summed E-state index contributed by atoms with van der Waals surface area (Å²) >= 11 is 6.36. The molecule has 2 rings (SSSR count). The van der Waals surface area contributed by atoms with Gasteiger partial charge in [0, 0.05) is 31.3 Å². The number of hydrogen-bond donors (Lipinski definition) is 0. The molecule has 0 atom stereocenters. The Hall–Kier alpha value is -1.52. The van der Waals surface area contributed by atoms with E-state index in [2.05, 4.69) is 6.08 Å². The van der Waals surface area contributed by atoms with Crippen molar-refractivity contribution in [3.63, 3.8) is 0 Å². The van der Waals surface area contributed by atoms with Crippen molar-refractivity contribution < 1.29 is 14.3 Å². The summed E-state index contributed by atoms with van der Waals surface area (Å²) in [6.07, 6.45) is 3.39. The number of allylic oxidation sites excluding steroid dienone is 1. The molecule has 1 heterocycles. The second-order valence-corrected chi connectivity index (χ2v) is 5.16. The number of carbonyl (C=O) groups excluding carboxylic acids is 1. The van der Waals surface area contributed by atoms with Gasteiger partial charge in [0.25, 0.3) is 0 Å². The van der Waals surface area contributed by atoms with Crippen LogP contribution in [0.3, 0.4) is 0 Å². The Balaban J connectivity index is 2.20. The minimum atomic E-state index is 0.145. The lowest BCUT2D eigenvalue weighted by atomic mass is 10.0. The molecule has 1 aromatic carbocycles. The van der Waals surface area contributed by atoms with Crippen LogP contribution < -0.4 is 4.74 Å². The summed E-state index contributed by atoms with van der Waals surface area (Å²) in [7, 11) is 1.63. The van der Waals surface area contributed by atoms with Crippen LogP contribution in [-0.2, 0) is 9.53 Å². The number of methoxy groups -OCH3 is 1. The molecule has 0 fully saturated rings. The van der Waals surface area contributed by atoms with E-state index in [4.69, 9.17) is 21.1 Å². The van der Waals surface area contributed by atoms with Crippen LogP contribution in [0.1, 0.15) is 25.3 Å². The molecule has 0 saturated carbocycles. The normalized spacial score (nSPS) is 15.1. The molecule has 0 spiro atoms. The lowest BCUT2D eigenvalue weighted by molar-refractivity contribution is -0.128. The third kappa shape index (κ3) is 3.77. The number of amides is 1. The number of benzene rings is 1. The van der Waals surface area contributed by atoms with Gasteiger partial charge >= 0.3 is 0 Å². The average Bonchev–Trinajstić information content (AvgIpc) is 2.47. The Labute approximate surface area is 130 Å². The SMILES string of the molecule is CCN1C(=O)CCC=C1c1ccc(OCCOC)cc1Cl. The quantitative estimate of drug-likeness (QED) is 0.756. The zero-order valence-electron chi connectivity index (χ0n) is 12.4. The van der Waals surface area contributed by atoms with Crippen molar-refractivity contribution in [3.8, 4) is 5.75 Å². The van der Waals surface area contributed by atoms with Crippen molar-refractivity contribution in [2.75, 3.05) is 26.9 Å². The minimum absolute atomic E-state index is 0.145. The van der Waals surface area contributed by atoms with Crippen LogP contribution in [0.5, 0.6) is 5.75 Å². The van der Waals surface area contributed by atoms with Crippen LogP contribution >= 0.6 is 11.6 Å². The van der Waals surface area contributed by atoms with Crippen LogP contribution in [0.2, 0.25) is 5.02 Å². The molecule has 4 nitrogen and oxygen atoms in total. The van der Waals surface area contributed by atoms with Gasteiger partial charge in [-0.15, -0.1) is 0 Å². The number of ether oxygens (including phenoxy) is 2. The zero-order valence-corrected chi connectivity index (χ0v) is 13.2. The van der Waals surface area contributed by atoms with Crippen LogP contribution in [0.15, 0.2) is 24.3 Å². The summed E-state index contributed by atoms with van der Waals surface area (Å²) in [5, 5.41) is 0.587. The van der Waals surface area contributed by atoms with E-state index in [9.17, 15) is 4.79 Å². The van der Waals surface area contributed by atoms with E-state index < -0.39 is 0 Å². The molecule has 0 unspecified atom stereocenters. The molecule has 21 heavy (non-hydrogen) atoms. The number of rotatable bonds is 6. The second-order valence-electron chi connectivity index (χ2n) is 4.75. The lowest BCUT2D eigenvalue weighted by Crippen LogP contribution is -2.31. The monoisotopic (exact) mass is 309 g/mol. The highest BCUT2D eigenvalue weighted by Gasteiger charge is 2.22. The van der Waals surface area contributed by atoms with Gasteiger partial charge in [0.2, 0.25) is 5.91 Å². The molecular formula is C16H20ClNO3. The maximum Gasteiger partial charge on any atom is 0.227 e. The molecule has 1 aliphatic heterocycles. The third-order valence-electron chi connectivity index (χ3n) is 3.38. The van der Waals surface area contributed by atoms with Crippen molar-refractivity contribution in [1.29, 1.82) is 0 Å². The summed E-state index contributed by atoms with van der Waals surface area (Å²) in [4.78, 5) is 13.7. The van der Waals surface area contributed by atoms with E-state index in [1.54, 1.807) is 18.1 Å². The Bertz CT molecular complexity index is 542. The van der Waals surface area contributed by atoms with Gasteiger partial charge in [-0.1, -0.05) is 17.7 Å². The molecule has 1 aromatic rings. The maximum atomic E-state index is 12.0. The van der Waals surface area contributed by atoms with E-state index in [-0.39, 0.29) is 5.91 Å². The fraction of sp³-hybridized carbons (Fsp3) is 0.438. The highest BCUT2D eigenvalue weighted by atomic mass is 35.5. The molecule has 5 heteroatoms. The van der Waals surface area contributed by atoms with Crippen LogP contribution in [0.25, 0.3) is 5.70 Å². The van der Waals surface area contributed by atoms with E-state index in [0.29, 0.717) is 37.0 Å². The van der Waals surface area contributed by atoms with Gasteiger partial charge in [0.05, 0.1) is 11.6 Å². The molecular weight excluding hydrogens is 290 g/mol. The van der Waals surface area contributed by atoms with Crippen molar-refractivity contribution in [2.45, 2.75) is 19.8 Å². The minimum Gasteiger partial charge on any atom is -0.491 e. The first-order valence-electron chi connectivity index (χ1n) is 7.09. The third-order valence-corrected chi connectivity index (χ3v) is 3.69. The van der Waals surface area contributed by atoms with Gasteiger partial charge in [-0.05, 0) is 31.5 Å². The van der Waals surface area contributed by atoms with E-state index >= 15 is 0 Å². The van der Waals surface area contributed by atoms with Crippen molar-refractivity contribution >= 4 is 23.2 Å². The highest BCUT2D eigenvalue weighted by Crippen LogP contribution is 2.32. The molecule has 0 bridgehead atoms. The predicted octanol–water partition coefficient (Wildman–Crippen LogP) is 3.35. The first-order valence-corrected chi connectivity index (χ1v) is 7.47. The smallest absolute Gasteiger partial charge is 0.227 e. The molecule has 0 radical (unpaired) electrons. The van der Waals surface area contributed by atoms with Crippen molar-refractivity contribution in [2.24, 2.45) is 0 Å². The highest BCUT2D eigenvalue weighted by molar-refractivity contribution is 6.32. The lowest BCUT2D eigenvalue weighted by Gasteiger charge is -2.28. The van der Waals surface area contributed by atoms with Gasteiger partial charge in [0.1, 0.15) is 12.4 Å². The van der Waals surface area contributed by atoms with E-state index in [1.807, 2.05) is 19.1 Å². The Morgan fingerprint density at radius 2 is 2.14 bits per heavy atom. The Kier molecular flexibility index (Phi) is 5.65. The van der Waals surface area contributed by atoms with E-state index in [0.717, 1.165) is 17.7 Å². The molecule has 0 aliphatic carbocycles. The summed E-state index contributed by atoms with van der Waals surface area (Å²) in [5.41, 5.74) is 1.76. The fourth-order valence-electron chi connectivity index (χ4n) is 2.35. The predicted molar refractivity (Wildman–Crippen MR) is 83.4 cm³/mol. The summed E-state index contributed by atoms with van der Waals surface area (Å²) < 4.78 is 10.5. The standard InChI is InChI=1S/C16H20ClNO3/c1-3-18-15(5-4-6-16(18)19)13-8-7-12(11-14(13)17)21-10-9-20-2/h5,7-8,11H,3-4,6,9-10H2,1-2H3. The second kappa shape index (κ2) is 7.48. The number of carbonyl (C=O) groups is 1. The number of hydrogen-bond acceptors (Lipinski definition) is 3. The Morgan fingerprint density at radius 3 is 2.81 bits per heavy atom. The average molecular weight is 310 g/mol. The summed E-state index contributed by atoms with van der Waals surface area (Å²) in [6.45, 7) is 3.62. The van der Waals surface area contributed by atoms with Gasteiger partial charge < -0.3 is 14.4 Å². The molecule has 0 N–H and O–H groups in total. The molecule has 1 aliphatic rings.